The highest BCUT2D eigenvalue weighted by Gasteiger charge is 2.17. The van der Waals surface area contributed by atoms with Gasteiger partial charge in [-0.1, -0.05) is 11.3 Å². The van der Waals surface area contributed by atoms with E-state index in [2.05, 4.69) is 30.8 Å². The summed E-state index contributed by atoms with van der Waals surface area (Å²) in [5, 5.41) is 7.41. The molecule has 1 aromatic carbocycles. The number of sulfonamides is 1. The third-order valence-electron chi connectivity index (χ3n) is 2.02. The molecule has 6 nitrogen and oxygen atoms in total. The van der Waals surface area contributed by atoms with Crippen molar-refractivity contribution < 1.29 is 13.2 Å². The molecule has 0 radical (unpaired) electrons. The van der Waals surface area contributed by atoms with E-state index in [-0.39, 0.29) is 10.0 Å². The van der Waals surface area contributed by atoms with Gasteiger partial charge in [0, 0.05) is 0 Å². The maximum atomic E-state index is 12.0. The van der Waals surface area contributed by atoms with Crippen molar-refractivity contribution >= 4 is 42.4 Å². The number of nitrogens with zero attached hydrogens (tertiary/aromatic N) is 2. The first kappa shape index (κ1) is 13.2. The molecule has 0 atom stereocenters. The average Bonchev–Trinajstić information content (AvgIpc) is 2.81. The number of nitrogens with one attached hydrogen (secondary N) is 1. The van der Waals surface area contributed by atoms with Crippen LogP contribution in [0.1, 0.15) is 0 Å². The minimum absolute atomic E-state index is 0.116. The zero-order chi connectivity index (χ0) is 13.2. The predicted octanol–water partition coefficient (Wildman–Crippen LogP) is 2.11. The van der Waals surface area contributed by atoms with E-state index in [4.69, 9.17) is 4.74 Å². The van der Waals surface area contributed by atoms with Gasteiger partial charge in [-0.15, -0.1) is 10.2 Å². The maximum Gasteiger partial charge on any atom is 0.263 e. The number of methoxy groups -OCH3 is 1. The Morgan fingerprint density at radius 3 is 2.78 bits per heavy atom. The number of anilines is 1. The van der Waals surface area contributed by atoms with E-state index in [9.17, 15) is 8.42 Å². The molecule has 1 aromatic heterocycles. The Hall–Kier alpha value is -1.19. The van der Waals surface area contributed by atoms with Gasteiger partial charge in [0.05, 0.1) is 16.5 Å². The molecule has 0 aliphatic carbocycles. The topological polar surface area (TPSA) is 81.2 Å². The lowest BCUT2D eigenvalue weighted by Crippen LogP contribution is -2.12. The second-order valence-electron chi connectivity index (χ2n) is 3.15. The molecule has 0 aliphatic heterocycles. The van der Waals surface area contributed by atoms with Crippen molar-refractivity contribution in [2.75, 3.05) is 11.8 Å². The van der Waals surface area contributed by atoms with Gasteiger partial charge in [0.25, 0.3) is 10.0 Å². The minimum atomic E-state index is -3.66. The minimum Gasteiger partial charge on any atom is -0.496 e. The van der Waals surface area contributed by atoms with Crippen LogP contribution >= 0.6 is 27.3 Å². The fourth-order valence-electron chi connectivity index (χ4n) is 1.21. The smallest absolute Gasteiger partial charge is 0.263 e. The summed E-state index contributed by atoms with van der Waals surface area (Å²) in [5.41, 5.74) is 1.45. The Bertz CT molecular complexity index is 643. The SMILES string of the molecule is COc1ccc(S(=O)(=O)Nc2nncs2)cc1Br. The third-order valence-corrected chi connectivity index (χ3v) is 4.71. The fourth-order valence-corrected chi connectivity index (χ4v) is 3.62. The summed E-state index contributed by atoms with van der Waals surface area (Å²) < 4.78 is 32.0. The molecule has 2 rings (SSSR count). The van der Waals surface area contributed by atoms with Crippen LogP contribution in [0, 0.1) is 0 Å². The molecule has 0 spiro atoms. The quantitative estimate of drug-likeness (QED) is 0.913. The normalized spacial score (nSPS) is 11.2. The predicted molar refractivity (Wildman–Crippen MR) is 71.4 cm³/mol. The lowest BCUT2D eigenvalue weighted by molar-refractivity contribution is 0.411. The van der Waals surface area contributed by atoms with Gasteiger partial charge in [0.15, 0.2) is 0 Å². The van der Waals surface area contributed by atoms with Gasteiger partial charge < -0.3 is 4.74 Å². The molecule has 0 saturated carbocycles. The van der Waals surface area contributed by atoms with Crippen molar-refractivity contribution in [3.63, 3.8) is 0 Å². The van der Waals surface area contributed by atoms with Crippen molar-refractivity contribution in [1.82, 2.24) is 10.2 Å². The second-order valence-corrected chi connectivity index (χ2v) is 6.52. The molecule has 96 valence electrons. The molecule has 0 saturated heterocycles. The van der Waals surface area contributed by atoms with Gasteiger partial charge in [-0.3, -0.25) is 4.72 Å². The Labute approximate surface area is 116 Å². The molecule has 9 heteroatoms. The lowest BCUT2D eigenvalue weighted by Gasteiger charge is -2.07. The van der Waals surface area contributed by atoms with Crippen molar-refractivity contribution in [3.05, 3.63) is 28.2 Å². The van der Waals surface area contributed by atoms with Crippen LogP contribution in [0.2, 0.25) is 0 Å². The zero-order valence-corrected chi connectivity index (χ0v) is 12.3. The third kappa shape index (κ3) is 2.79. The van der Waals surface area contributed by atoms with E-state index in [0.29, 0.717) is 10.2 Å². The van der Waals surface area contributed by atoms with E-state index in [1.54, 1.807) is 6.07 Å². The highest BCUT2D eigenvalue weighted by atomic mass is 79.9. The Morgan fingerprint density at radius 2 is 2.22 bits per heavy atom. The van der Waals surface area contributed by atoms with E-state index in [1.807, 2.05) is 0 Å². The Morgan fingerprint density at radius 1 is 1.44 bits per heavy atom. The van der Waals surface area contributed by atoms with Gasteiger partial charge in [0.1, 0.15) is 11.3 Å². The zero-order valence-electron chi connectivity index (χ0n) is 9.12. The van der Waals surface area contributed by atoms with Crippen LogP contribution in [-0.4, -0.2) is 25.7 Å². The van der Waals surface area contributed by atoms with Crippen molar-refractivity contribution in [3.8, 4) is 5.75 Å². The van der Waals surface area contributed by atoms with Gasteiger partial charge in [-0.05, 0) is 34.1 Å². The van der Waals surface area contributed by atoms with E-state index in [1.165, 1.54) is 24.8 Å². The molecule has 0 aliphatic rings. The van der Waals surface area contributed by atoms with E-state index in [0.717, 1.165) is 11.3 Å². The molecule has 0 bridgehead atoms. The number of hydrogen-bond donors (Lipinski definition) is 1. The summed E-state index contributed by atoms with van der Waals surface area (Å²) >= 11 is 4.34. The monoisotopic (exact) mass is 349 g/mol. The van der Waals surface area contributed by atoms with Gasteiger partial charge in [-0.2, -0.15) is 0 Å². The van der Waals surface area contributed by atoms with Crippen LogP contribution in [0.25, 0.3) is 0 Å². The van der Waals surface area contributed by atoms with Crippen molar-refractivity contribution in [1.29, 1.82) is 0 Å². The van der Waals surface area contributed by atoms with Crippen LogP contribution in [0.15, 0.2) is 33.1 Å². The number of rotatable bonds is 4. The summed E-state index contributed by atoms with van der Waals surface area (Å²) in [4.78, 5) is 0.116. The standard InChI is InChI=1S/C9H8BrN3O3S2/c1-16-8-3-2-6(4-7(8)10)18(14,15)13-9-12-11-5-17-9/h2-5H,1H3,(H,12,13). The molecule has 1 heterocycles. The van der Waals surface area contributed by atoms with Crippen LogP contribution in [0.3, 0.4) is 0 Å². The molecule has 0 amide bonds. The highest BCUT2D eigenvalue weighted by molar-refractivity contribution is 9.10. The average molecular weight is 350 g/mol. The number of aromatic nitrogens is 2. The first-order chi connectivity index (χ1) is 8.53. The van der Waals surface area contributed by atoms with Crippen LogP contribution in [-0.2, 0) is 10.0 Å². The van der Waals surface area contributed by atoms with Crippen LogP contribution in [0.5, 0.6) is 5.75 Å². The Kier molecular flexibility index (Phi) is 3.83. The Balaban J connectivity index is 2.33. The molecule has 0 fully saturated rings. The van der Waals surface area contributed by atoms with Crippen molar-refractivity contribution in [2.24, 2.45) is 0 Å². The fraction of sp³-hybridized carbons (Fsp3) is 0.111. The number of hydrogen-bond acceptors (Lipinski definition) is 6. The van der Waals surface area contributed by atoms with E-state index >= 15 is 0 Å². The molecule has 1 N–H and O–H groups in total. The van der Waals surface area contributed by atoms with Gasteiger partial charge in [0.2, 0.25) is 5.13 Å². The highest BCUT2D eigenvalue weighted by Crippen LogP contribution is 2.28. The molecule has 2 aromatic rings. The number of halogens is 1. The number of ether oxygens (including phenoxy) is 1. The van der Waals surface area contributed by atoms with Crippen LogP contribution < -0.4 is 9.46 Å². The van der Waals surface area contributed by atoms with E-state index < -0.39 is 10.0 Å². The van der Waals surface area contributed by atoms with Gasteiger partial charge >= 0.3 is 0 Å². The van der Waals surface area contributed by atoms with Crippen molar-refractivity contribution in [2.45, 2.75) is 4.90 Å². The molecule has 0 unspecified atom stereocenters. The van der Waals surface area contributed by atoms with Gasteiger partial charge in [-0.25, -0.2) is 8.42 Å². The molecular weight excluding hydrogens is 342 g/mol. The largest absolute Gasteiger partial charge is 0.496 e. The number of benzene rings is 1. The summed E-state index contributed by atoms with van der Waals surface area (Å²) in [7, 11) is -2.15. The first-order valence-electron chi connectivity index (χ1n) is 4.65. The van der Waals surface area contributed by atoms with Crippen LogP contribution in [0.4, 0.5) is 5.13 Å². The summed E-state index contributed by atoms with van der Waals surface area (Å²) in [6.07, 6.45) is 0. The lowest BCUT2D eigenvalue weighted by atomic mass is 10.3. The summed E-state index contributed by atoms with van der Waals surface area (Å²) in [6.45, 7) is 0. The summed E-state index contributed by atoms with van der Waals surface area (Å²) in [5.74, 6) is 0.560. The maximum absolute atomic E-state index is 12.0. The second kappa shape index (κ2) is 5.21. The first-order valence-corrected chi connectivity index (χ1v) is 7.81. The molecular formula is C9H8BrN3O3S2. The summed E-state index contributed by atoms with van der Waals surface area (Å²) in [6, 6.07) is 4.48. The molecule has 18 heavy (non-hydrogen) atoms.